The standard InChI is InChI=1S/C25H20FN3O3/c1-17-5-4-7-22(13-17)28-24(30)16-32-23-8-3-2-6-18(23)14-19(15-27)25(31)29-21-11-9-20(26)10-12-21/h2-14H,16H2,1H3,(H,28,30)(H,29,31)/b19-14+. The van der Waals surface area contributed by atoms with Crippen molar-refractivity contribution >= 4 is 29.3 Å². The van der Waals surface area contributed by atoms with Crippen molar-refractivity contribution < 1.29 is 18.7 Å². The Hall–Kier alpha value is -4.44. The zero-order chi connectivity index (χ0) is 22.9. The summed E-state index contributed by atoms with van der Waals surface area (Å²) in [5.74, 6) is -1.08. The van der Waals surface area contributed by atoms with E-state index in [0.717, 1.165) is 5.56 Å². The molecule has 0 spiro atoms. The Morgan fingerprint density at radius 1 is 1.00 bits per heavy atom. The molecule has 7 heteroatoms. The molecule has 6 nitrogen and oxygen atoms in total. The van der Waals surface area contributed by atoms with Gasteiger partial charge in [0.2, 0.25) is 0 Å². The molecule has 3 rings (SSSR count). The average Bonchev–Trinajstić information content (AvgIpc) is 2.78. The van der Waals surface area contributed by atoms with Gasteiger partial charge in [-0.25, -0.2) is 4.39 Å². The molecule has 0 aliphatic heterocycles. The minimum absolute atomic E-state index is 0.172. The Kier molecular flexibility index (Phi) is 7.33. The smallest absolute Gasteiger partial charge is 0.266 e. The number of ether oxygens (including phenoxy) is 1. The molecule has 0 aromatic heterocycles. The van der Waals surface area contributed by atoms with Crippen molar-refractivity contribution in [3.8, 4) is 11.8 Å². The first-order valence-corrected chi connectivity index (χ1v) is 9.71. The number of nitriles is 1. The van der Waals surface area contributed by atoms with E-state index >= 15 is 0 Å². The lowest BCUT2D eigenvalue weighted by Gasteiger charge is -2.10. The van der Waals surface area contributed by atoms with Crippen LogP contribution >= 0.6 is 0 Å². The van der Waals surface area contributed by atoms with E-state index in [1.165, 1.54) is 30.3 Å². The minimum atomic E-state index is -0.647. The fraction of sp³-hybridized carbons (Fsp3) is 0.0800. The number of rotatable bonds is 7. The Morgan fingerprint density at radius 2 is 1.75 bits per heavy atom. The Balaban J connectivity index is 1.69. The van der Waals surface area contributed by atoms with E-state index in [4.69, 9.17) is 4.74 Å². The summed E-state index contributed by atoms with van der Waals surface area (Å²) in [4.78, 5) is 24.7. The quantitative estimate of drug-likeness (QED) is 0.421. The maximum absolute atomic E-state index is 13.0. The maximum atomic E-state index is 13.0. The van der Waals surface area contributed by atoms with Crippen LogP contribution in [0.3, 0.4) is 0 Å². The van der Waals surface area contributed by atoms with Gasteiger partial charge in [0.05, 0.1) is 0 Å². The van der Waals surface area contributed by atoms with Gasteiger partial charge in [-0.3, -0.25) is 9.59 Å². The normalized spacial score (nSPS) is 10.7. The highest BCUT2D eigenvalue weighted by atomic mass is 19.1. The zero-order valence-corrected chi connectivity index (χ0v) is 17.3. The summed E-state index contributed by atoms with van der Waals surface area (Å²) in [7, 11) is 0. The van der Waals surface area contributed by atoms with Crippen LogP contribution in [0.15, 0.2) is 78.4 Å². The van der Waals surface area contributed by atoms with Crippen LogP contribution in [0.2, 0.25) is 0 Å². The number of benzene rings is 3. The van der Waals surface area contributed by atoms with Crippen LogP contribution in [0.25, 0.3) is 6.08 Å². The predicted molar refractivity (Wildman–Crippen MR) is 120 cm³/mol. The van der Waals surface area contributed by atoms with Gasteiger partial charge in [-0.05, 0) is 61.0 Å². The second-order valence-corrected chi connectivity index (χ2v) is 6.87. The first-order chi connectivity index (χ1) is 15.4. The van der Waals surface area contributed by atoms with E-state index in [0.29, 0.717) is 22.7 Å². The van der Waals surface area contributed by atoms with Crippen molar-refractivity contribution in [3.05, 3.63) is 95.3 Å². The lowest BCUT2D eigenvalue weighted by atomic mass is 10.1. The second-order valence-electron chi connectivity index (χ2n) is 6.87. The lowest BCUT2D eigenvalue weighted by molar-refractivity contribution is -0.118. The monoisotopic (exact) mass is 429 g/mol. The number of halogens is 1. The molecule has 2 amide bonds. The SMILES string of the molecule is Cc1cccc(NC(=O)COc2ccccc2/C=C(\C#N)C(=O)Nc2ccc(F)cc2)c1. The summed E-state index contributed by atoms with van der Waals surface area (Å²) < 4.78 is 18.6. The third-order valence-corrected chi connectivity index (χ3v) is 4.35. The highest BCUT2D eigenvalue weighted by Crippen LogP contribution is 2.22. The van der Waals surface area contributed by atoms with Crippen LogP contribution in [0, 0.1) is 24.1 Å². The number of carbonyl (C=O) groups is 2. The number of aryl methyl sites for hydroxylation is 1. The van der Waals surface area contributed by atoms with Crippen molar-refractivity contribution in [2.75, 3.05) is 17.2 Å². The number of amides is 2. The maximum Gasteiger partial charge on any atom is 0.266 e. The zero-order valence-electron chi connectivity index (χ0n) is 17.3. The summed E-state index contributed by atoms with van der Waals surface area (Å²) in [5, 5.41) is 14.7. The molecular weight excluding hydrogens is 409 g/mol. The van der Waals surface area contributed by atoms with Crippen LogP contribution in [0.1, 0.15) is 11.1 Å². The molecular formula is C25H20FN3O3. The van der Waals surface area contributed by atoms with Crippen molar-refractivity contribution in [1.29, 1.82) is 5.26 Å². The van der Waals surface area contributed by atoms with E-state index in [1.807, 2.05) is 31.2 Å². The van der Waals surface area contributed by atoms with Crippen molar-refractivity contribution in [2.24, 2.45) is 0 Å². The minimum Gasteiger partial charge on any atom is -0.483 e. The molecule has 0 atom stereocenters. The third-order valence-electron chi connectivity index (χ3n) is 4.35. The first kappa shape index (κ1) is 22.2. The molecule has 0 unspecified atom stereocenters. The molecule has 32 heavy (non-hydrogen) atoms. The summed E-state index contributed by atoms with van der Waals surface area (Å²) in [6.07, 6.45) is 1.37. The highest BCUT2D eigenvalue weighted by Gasteiger charge is 2.12. The highest BCUT2D eigenvalue weighted by molar-refractivity contribution is 6.09. The van der Waals surface area contributed by atoms with E-state index in [9.17, 15) is 19.2 Å². The number of nitrogens with one attached hydrogen (secondary N) is 2. The number of nitrogens with zero attached hydrogens (tertiary/aromatic N) is 1. The van der Waals surface area contributed by atoms with E-state index < -0.39 is 11.7 Å². The summed E-state index contributed by atoms with van der Waals surface area (Å²) in [6, 6.07) is 21.2. The number of hydrogen-bond donors (Lipinski definition) is 2. The van der Waals surface area contributed by atoms with Gasteiger partial charge in [-0.2, -0.15) is 5.26 Å². The van der Waals surface area contributed by atoms with E-state index in [-0.39, 0.29) is 18.1 Å². The van der Waals surface area contributed by atoms with Gasteiger partial charge in [0.25, 0.3) is 11.8 Å². The molecule has 0 heterocycles. The van der Waals surface area contributed by atoms with Crippen LogP contribution in [-0.2, 0) is 9.59 Å². The molecule has 0 fully saturated rings. The molecule has 0 saturated carbocycles. The largest absolute Gasteiger partial charge is 0.483 e. The van der Waals surface area contributed by atoms with Gasteiger partial charge in [0.15, 0.2) is 6.61 Å². The van der Waals surface area contributed by atoms with Crippen molar-refractivity contribution in [1.82, 2.24) is 0 Å². The molecule has 0 bridgehead atoms. The molecule has 0 saturated heterocycles. The van der Waals surface area contributed by atoms with Crippen LogP contribution in [0.5, 0.6) is 5.75 Å². The van der Waals surface area contributed by atoms with Crippen molar-refractivity contribution in [2.45, 2.75) is 6.92 Å². The van der Waals surface area contributed by atoms with E-state index in [2.05, 4.69) is 10.6 Å². The molecule has 3 aromatic rings. The Bertz CT molecular complexity index is 1200. The first-order valence-electron chi connectivity index (χ1n) is 9.71. The Morgan fingerprint density at radius 3 is 2.47 bits per heavy atom. The summed E-state index contributed by atoms with van der Waals surface area (Å²) in [6.45, 7) is 1.68. The molecule has 3 aromatic carbocycles. The van der Waals surface area contributed by atoms with Crippen LogP contribution in [-0.4, -0.2) is 18.4 Å². The number of anilines is 2. The van der Waals surface area contributed by atoms with Gasteiger partial charge in [0.1, 0.15) is 23.2 Å². The van der Waals surface area contributed by atoms with Gasteiger partial charge < -0.3 is 15.4 Å². The number of hydrogen-bond acceptors (Lipinski definition) is 4. The number of carbonyl (C=O) groups excluding carboxylic acids is 2. The number of para-hydroxylation sites is 1. The van der Waals surface area contributed by atoms with Crippen molar-refractivity contribution in [3.63, 3.8) is 0 Å². The topological polar surface area (TPSA) is 91.2 Å². The van der Waals surface area contributed by atoms with E-state index in [1.54, 1.807) is 30.3 Å². The van der Waals surface area contributed by atoms with Gasteiger partial charge in [0, 0.05) is 16.9 Å². The molecule has 0 aliphatic carbocycles. The van der Waals surface area contributed by atoms with Gasteiger partial charge in [-0.1, -0.05) is 30.3 Å². The Labute approximate surface area is 185 Å². The van der Waals surface area contributed by atoms with Gasteiger partial charge >= 0.3 is 0 Å². The molecule has 0 aliphatic rings. The van der Waals surface area contributed by atoms with Gasteiger partial charge in [-0.15, -0.1) is 0 Å². The second kappa shape index (κ2) is 10.5. The lowest BCUT2D eigenvalue weighted by Crippen LogP contribution is -2.20. The molecule has 2 N–H and O–H groups in total. The third kappa shape index (κ3) is 6.28. The summed E-state index contributed by atoms with van der Waals surface area (Å²) >= 11 is 0. The molecule has 0 radical (unpaired) electrons. The summed E-state index contributed by atoms with van der Waals surface area (Å²) in [5.41, 5.74) is 2.32. The predicted octanol–water partition coefficient (Wildman–Crippen LogP) is 4.70. The van der Waals surface area contributed by atoms with Crippen LogP contribution < -0.4 is 15.4 Å². The fourth-order valence-electron chi connectivity index (χ4n) is 2.83. The van der Waals surface area contributed by atoms with Crippen LogP contribution in [0.4, 0.5) is 15.8 Å². The average molecular weight is 429 g/mol. The molecule has 160 valence electrons. The fourth-order valence-corrected chi connectivity index (χ4v) is 2.83.